The van der Waals surface area contributed by atoms with Crippen molar-refractivity contribution in [2.45, 2.75) is 51.2 Å². The molecular formula is C16H20N2O3. The van der Waals surface area contributed by atoms with E-state index in [1.807, 2.05) is 24.3 Å². The van der Waals surface area contributed by atoms with Crippen LogP contribution in [0.4, 0.5) is 0 Å². The molecule has 0 amide bonds. The highest BCUT2D eigenvalue weighted by molar-refractivity contribution is 5.27. The molecule has 1 atom stereocenters. The summed E-state index contributed by atoms with van der Waals surface area (Å²) in [5, 5.41) is 13.2. The van der Waals surface area contributed by atoms with Gasteiger partial charge in [-0.15, -0.1) is 0 Å². The molecule has 1 aromatic heterocycles. The van der Waals surface area contributed by atoms with Gasteiger partial charge >= 0.3 is 0 Å². The van der Waals surface area contributed by atoms with E-state index in [9.17, 15) is 5.11 Å². The van der Waals surface area contributed by atoms with E-state index in [1.165, 1.54) is 5.56 Å². The number of aliphatic hydroxyl groups excluding tert-OH is 1. The molecule has 112 valence electrons. The second-order valence-corrected chi connectivity index (χ2v) is 5.64. The summed E-state index contributed by atoms with van der Waals surface area (Å²) in [6, 6.07) is 7.89. The van der Waals surface area contributed by atoms with Gasteiger partial charge in [0.1, 0.15) is 5.75 Å². The number of hydrogen-bond donors (Lipinski definition) is 1. The summed E-state index contributed by atoms with van der Waals surface area (Å²) >= 11 is 0. The number of benzene rings is 1. The molecule has 0 bridgehead atoms. The van der Waals surface area contributed by atoms with Crippen LogP contribution in [-0.4, -0.2) is 21.4 Å². The molecule has 5 heteroatoms. The SMILES string of the molecule is CC(O)CCc1ccc(OCc2noc(C3CC3)n2)cc1. The third-order valence-electron chi connectivity index (χ3n) is 3.55. The van der Waals surface area contributed by atoms with Gasteiger partial charge in [-0.2, -0.15) is 4.98 Å². The molecule has 2 aromatic rings. The Morgan fingerprint density at radius 1 is 1.33 bits per heavy atom. The van der Waals surface area contributed by atoms with E-state index >= 15 is 0 Å². The lowest BCUT2D eigenvalue weighted by molar-refractivity contribution is 0.185. The molecule has 1 aromatic carbocycles. The van der Waals surface area contributed by atoms with Gasteiger partial charge in [0.25, 0.3) is 0 Å². The van der Waals surface area contributed by atoms with Crippen LogP contribution in [0.25, 0.3) is 0 Å². The van der Waals surface area contributed by atoms with Crippen LogP contribution in [0.3, 0.4) is 0 Å². The largest absolute Gasteiger partial charge is 0.485 e. The first-order chi connectivity index (χ1) is 10.2. The van der Waals surface area contributed by atoms with Crippen LogP contribution in [0.2, 0.25) is 0 Å². The van der Waals surface area contributed by atoms with E-state index < -0.39 is 0 Å². The highest BCUT2D eigenvalue weighted by atomic mass is 16.5. The molecule has 1 saturated carbocycles. The monoisotopic (exact) mass is 288 g/mol. The van der Waals surface area contributed by atoms with Crippen LogP contribution in [-0.2, 0) is 13.0 Å². The summed E-state index contributed by atoms with van der Waals surface area (Å²) in [5.41, 5.74) is 1.19. The Labute approximate surface area is 123 Å². The van der Waals surface area contributed by atoms with Crippen LogP contribution in [0.15, 0.2) is 28.8 Å². The first-order valence-electron chi connectivity index (χ1n) is 7.43. The molecule has 0 aliphatic heterocycles. The van der Waals surface area contributed by atoms with Crippen LogP contribution in [0, 0.1) is 0 Å². The average molecular weight is 288 g/mol. The van der Waals surface area contributed by atoms with Crippen LogP contribution >= 0.6 is 0 Å². The lowest BCUT2D eigenvalue weighted by atomic mass is 10.1. The Balaban J connectivity index is 1.50. The molecule has 1 aliphatic carbocycles. The van der Waals surface area contributed by atoms with Gasteiger partial charge in [0.2, 0.25) is 11.7 Å². The van der Waals surface area contributed by atoms with Gasteiger partial charge < -0.3 is 14.4 Å². The Morgan fingerprint density at radius 2 is 2.10 bits per heavy atom. The van der Waals surface area contributed by atoms with Crippen LogP contribution < -0.4 is 4.74 Å². The quantitative estimate of drug-likeness (QED) is 0.848. The predicted octanol–water partition coefficient (Wildman–Crippen LogP) is 2.84. The third-order valence-corrected chi connectivity index (χ3v) is 3.55. The lowest BCUT2D eigenvalue weighted by Crippen LogP contribution is -2.01. The number of ether oxygens (including phenoxy) is 1. The molecule has 0 radical (unpaired) electrons. The number of aliphatic hydroxyl groups is 1. The van der Waals surface area contributed by atoms with Crippen molar-refractivity contribution in [1.82, 2.24) is 10.1 Å². The molecule has 1 fully saturated rings. The lowest BCUT2D eigenvalue weighted by Gasteiger charge is -2.06. The van der Waals surface area contributed by atoms with Crippen LogP contribution in [0.1, 0.15) is 49.4 Å². The Hall–Kier alpha value is -1.88. The van der Waals surface area contributed by atoms with E-state index in [0.717, 1.165) is 37.3 Å². The number of nitrogens with zero attached hydrogens (tertiary/aromatic N) is 2. The first-order valence-corrected chi connectivity index (χ1v) is 7.43. The van der Waals surface area contributed by atoms with Crippen LogP contribution in [0.5, 0.6) is 5.75 Å². The molecule has 0 saturated heterocycles. The molecule has 1 heterocycles. The van der Waals surface area contributed by atoms with Gasteiger partial charge in [-0.05, 0) is 50.3 Å². The fourth-order valence-corrected chi connectivity index (χ4v) is 2.10. The average Bonchev–Trinajstić information content (AvgIpc) is 3.23. The summed E-state index contributed by atoms with van der Waals surface area (Å²) in [6.45, 7) is 2.13. The van der Waals surface area contributed by atoms with Crippen molar-refractivity contribution in [3.63, 3.8) is 0 Å². The second kappa shape index (κ2) is 6.26. The van der Waals surface area contributed by atoms with Crippen molar-refractivity contribution >= 4 is 0 Å². The Morgan fingerprint density at radius 3 is 2.76 bits per heavy atom. The minimum atomic E-state index is -0.264. The minimum Gasteiger partial charge on any atom is -0.485 e. The van der Waals surface area contributed by atoms with Crippen molar-refractivity contribution in [2.75, 3.05) is 0 Å². The fraction of sp³-hybridized carbons (Fsp3) is 0.500. The maximum absolute atomic E-state index is 9.28. The van der Waals surface area contributed by atoms with Gasteiger partial charge in [-0.1, -0.05) is 17.3 Å². The maximum Gasteiger partial charge on any atom is 0.229 e. The smallest absolute Gasteiger partial charge is 0.229 e. The fourth-order valence-electron chi connectivity index (χ4n) is 2.10. The van der Waals surface area contributed by atoms with Crippen molar-refractivity contribution in [2.24, 2.45) is 0 Å². The van der Waals surface area contributed by atoms with Crippen molar-refractivity contribution < 1.29 is 14.4 Å². The van der Waals surface area contributed by atoms with E-state index in [-0.39, 0.29) is 6.10 Å². The summed E-state index contributed by atoms with van der Waals surface area (Å²) in [7, 11) is 0. The summed E-state index contributed by atoms with van der Waals surface area (Å²) in [6.07, 6.45) is 3.67. The van der Waals surface area contributed by atoms with E-state index in [1.54, 1.807) is 6.92 Å². The maximum atomic E-state index is 9.28. The van der Waals surface area contributed by atoms with E-state index in [4.69, 9.17) is 9.26 Å². The van der Waals surface area contributed by atoms with E-state index in [2.05, 4.69) is 10.1 Å². The first kappa shape index (κ1) is 14.1. The van der Waals surface area contributed by atoms with Crippen molar-refractivity contribution in [3.8, 4) is 5.75 Å². The number of aryl methyl sites for hydroxylation is 1. The molecule has 1 aliphatic rings. The molecule has 21 heavy (non-hydrogen) atoms. The standard InChI is InChI=1S/C16H20N2O3/c1-11(19)2-3-12-4-8-14(9-5-12)20-10-15-17-16(21-18-15)13-6-7-13/h4-5,8-9,11,13,19H,2-3,6-7,10H2,1H3. The number of hydrogen-bond acceptors (Lipinski definition) is 5. The zero-order valence-corrected chi connectivity index (χ0v) is 12.2. The third kappa shape index (κ3) is 4.04. The number of aromatic nitrogens is 2. The topological polar surface area (TPSA) is 68.4 Å². The highest BCUT2D eigenvalue weighted by Gasteiger charge is 2.29. The molecule has 5 nitrogen and oxygen atoms in total. The zero-order chi connectivity index (χ0) is 14.7. The summed E-state index contributed by atoms with van der Waals surface area (Å²) in [5.74, 6) is 2.59. The van der Waals surface area contributed by atoms with Gasteiger partial charge in [0.05, 0.1) is 6.10 Å². The Bertz CT molecular complexity index is 573. The van der Waals surface area contributed by atoms with Gasteiger partial charge in [-0.25, -0.2) is 0 Å². The minimum absolute atomic E-state index is 0.264. The molecule has 1 unspecified atom stereocenters. The van der Waals surface area contributed by atoms with E-state index in [0.29, 0.717) is 18.3 Å². The number of rotatable bonds is 7. The zero-order valence-electron chi connectivity index (χ0n) is 12.2. The molecular weight excluding hydrogens is 268 g/mol. The molecule has 3 rings (SSSR count). The van der Waals surface area contributed by atoms with Crippen molar-refractivity contribution in [1.29, 1.82) is 0 Å². The van der Waals surface area contributed by atoms with Crippen molar-refractivity contribution in [3.05, 3.63) is 41.5 Å². The predicted molar refractivity (Wildman–Crippen MR) is 77.0 cm³/mol. The molecule has 0 spiro atoms. The normalized spacial score (nSPS) is 15.9. The highest BCUT2D eigenvalue weighted by Crippen LogP contribution is 2.38. The summed E-state index contributed by atoms with van der Waals surface area (Å²) in [4.78, 5) is 4.32. The van der Waals surface area contributed by atoms with Gasteiger partial charge in [0.15, 0.2) is 6.61 Å². The van der Waals surface area contributed by atoms with Gasteiger partial charge in [-0.3, -0.25) is 0 Å². The van der Waals surface area contributed by atoms with Gasteiger partial charge in [0, 0.05) is 5.92 Å². The Kier molecular flexibility index (Phi) is 4.20. The summed E-state index contributed by atoms with van der Waals surface area (Å²) < 4.78 is 10.8. The second-order valence-electron chi connectivity index (χ2n) is 5.64. The molecule has 1 N–H and O–H groups in total.